The Morgan fingerprint density at radius 2 is 1.69 bits per heavy atom. The number of carbonyl (C=O) groups excluding carboxylic acids is 1. The molecule has 7 rings (SSSR count). The molecule has 176 valence electrons. The van der Waals surface area contributed by atoms with Crippen LogP contribution in [-0.4, -0.2) is 20.7 Å². The number of fused-ring (bicyclic) bond motifs is 4. The minimum absolute atomic E-state index is 0.248. The Balaban J connectivity index is 1.55. The zero-order chi connectivity index (χ0) is 24.6. The molecule has 0 bridgehead atoms. The summed E-state index contributed by atoms with van der Waals surface area (Å²) in [5, 5.41) is 0.414. The second-order valence-corrected chi connectivity index (χ2v) is 10.4. The molecule has 0 spiro atoms. The van der Waals surface area contributed by atoms with Crippen LogP contribution < -0.4 is 10.5 Å². The summed E-state index contributed by atoms with van der Waals surface area (Å²) in [6, 6.07) is 23.5. The molecule has 1 amide bonds. The molecule has 3 aromatic heterocycles. The van der Waals surface area contributed by atoms with Crippen molar-refractivity contribution in [2.45, 2.75) is 11.4 Å². The predicted octanol–water partition coefficient (Wildman–Crippen LogP) is 6.67. The molecule has 0 aliphatic carbocycles. The topological polar surface area (TPSA) is 67.8 Å². The molecule has 0 N–H and O–H groups in total. The number of carbonyl (C=O) groups is 1. The molecular weight excluding hydrogens is 517 g/mol. The summed E-state index contributed by atoms with van der Waals surface area (Å²) in [5.74, 6) is -0.248. The lowest BCUT2D eigenvalue weighted by Crippen LogP contribution is -2.56. The first-order valence-corrected chi connectivity index (χ1v) is 12.8. The van der Waals surface area contributed by atoms with E-state index in [0.717, 1.165) is 21.3 Å². The number of hydrogen-bond acceptors (Lipinski definition) is 5. The van der Waals surface area contributed by atoms with Gasteiger partial charge in [0.15, 0.2) is 4.96 Å². The summed E-state index contributed by atoms with van der Waals surface area (Å²) in [6.45, 7) is 0. The van der Waals surface area contributed by atoms with Crippen molar-refractivity contribution in [1.29, 1.82) is 0 Å². The van der Waals surface area contributed by atoms with E-state index >= 15 is 0 Å². The average molecular weight is 532 g/mol. The second-order valence-electron chi connectivity index (χ2n) is 8.53. The maximum atomic E-state index is 13.3. The molecule has 1 saturated heterocycles. The van der Waals surface area contributed by atoms with Crippen LogP contribution in [0.5, 0.6) is 0 Å². The monoisotopic (exact) mass is 531 g/mol. The number of anilines is 1. The number of imidazole rings is 1. The number of amides is 1. The van der Waals surface area contributed by atoms with Crippen LogP contribution >= 0.6 is 34.5 Å². The number of halogens is 2. The summed E-state index contributed by atoms with van der Waals surface area (Å²) in [6.07, 6.45) is 0. The fourth-order valence-electron chi connectivity index (χ4n) is 4.85. The van der Waals surface area contributed by atoms with Crippen molar-refractivity contribution in [1.82, 2.24) is 9.38 Å². The van der Waals surface area contributed by atoms with Crippen LogP contribution in [0.25, 0.3) is 38.2 Å². The van der Waals surface area contributed by atoms with Gasteiger partial charge < -0.3 is 4.42 Å². The van der Waals surface area contributed by atoms with Gasteiger partial charge in [-0.3, -0.25) is 14.1 Å². The van der Waals surface area contributed by atoms with Crippen molar-refractivity contribution in [3.8, 4) is 11.3 Å². The standard InChI is InChI=1S/C27H15Cl2N3O3S/c28-16-8-2-4-10-18(16)31-23(21(29)25(31)33)24-22(15-13-14-7-1-6-12-20(14)35-26(15)34)32-19-11-5-3-9-17(19)30-27(32)36-24/h1-13,21,23H. The molecule has 0 radical (unpaired) electrons. The van der Waals surface area contributed by atoms with E-state index in [9.17, 15) is 9.59 Å². The Bertz CT molecular complexity index is 1910. The van der Waals surface area contributed by atoms with E-state index < -0.39 is 17.0 Å². The molecule has 6 nitrogen and oxygen atoms in total. The summed E-state index contributed by atoms with van der Waals surface area (Å²) in [7, 11) is 0. The first kappa shape index (κ1) is 21.6. The highest BCUT2D eigenvalue weighted by molar-refractivity contribution is 7.17. The van der Waals surface area contributed by atoms with Gasteiger partial charge in [0.1, 0.15) is 11.0 Å². The number of β-lactam (4-membered cyclic amide) rings is 1. The van der Waals surface area contributed by atoms with Gasteiger partial charge in [0.25, 0.3) is 0 Å². The van der Waals surface area contributed by atoms with Gasteiger partial charge in [0.05, 0.1) is 43.9 Å². The molecule has 2 unspecified atom stereocenters. The molecule has 36 heavy (non-hydrogen) atoms. The number of para-hydroxylation sites is 4. The third-order valence-electron chi connectivity index (χ3n) is 6.49. The minimum atomic E-state index is -0.817. The van der Waals surface area contributed by atoms with Gasteiger partial charge in [-0.1, -0.05) is 65.4 Å². The van der Waals surface area contributed by atoms with Gasteiger partial charge >= 0.3 is 5.63 Å². The van der Waals surface area contributed by atoms with Crippen molar-refractivity contribution < 1.29 is 9.21 Å². The minimum Gasteiger partial charge on any atom is -0.422 e. The fraction of sp³-hybridized carbons (Fsp3) is 0.0741. The number of benzene rings is 3. The Labute approximate surface area is 217 Å². The smallest absolute Gasteiger partial charge is 0.345 e. The molecular formula is C27H15Cl2N3O3S. The van der Waals surface area contributed by atoms with E-state index in [0.29, 0.717) is 32.5 Å². The molecule has 1 aliphatic rings. The third-order valence-corrected chi connectivity index (χ3v) is 8.35. The lowest BCUT2D eigenvalue weighted by atomic mass is 9.95. The van der Waals surface area contributed by atoms with Crippen LogP contribution in [0.15, 0.2) is 88.1 Å². The van der Waals surface area contributed by atoms with Crippen molar-refractivity contribution in [2.24, 2.45) is 0 Å². The molecule has 0 saturated carbocycles. The number of thiazole rings is 1. The number of nitrogens with zero attached hydrogens (tertiary/aromatic N) is 3. The van der Waals surface area contributed by atoms with Crippen LogP contribution in [0.4, 0.5) is 5.69 Å². The van der Waals surface area contributed by atoms with Crippen molar-refractivity contribution >= 4 is 73.1 Å². The predicted molar refractivity (Wildman–Crippen MR) is 143 cm³/mol. The average Bonchev–Trinajstić information content (AvgIpc) is 3.42. The van der Waals surface area contributed by atoms with Crippen LogP contribution in [-0.2, 0) is 4.79 Å². The second kappa shape index (κ2) is 7.93. The van der Waals surface area contributed by atoms with Crippen molar-refractivity contribution in [2.75, 3.05) is 4.90 Å². The first-order valence-electron chi connectivity index (χ1n) is 11.2. The van der Waals surface area contributed by atoms with Gasteiger partial charge in [0, 0.05) is 5.39 Å². The number of alkyl halides is 1. The van der Waals surface area contributed by atoms with E-state index in [2.05, 4.69) is 0 Å². The van der Waals surface area contributed by atoms with Crippen LogP contribution in [0, 0.1) is 0 Å². The SMILES string of the molecule is O=C1C(Cl)C(c2sc3nc4ccccc4n3c2-c2cc3ccccc3oc2=O)N1c1ccccc1Cl. The summed E-state index contributed by atoms with van der Waals surface area (Å²) < 4.78 is 7.65. The molecule has 1 fully saturated rings. The van der Waals surface area contributed by atoms with E-state index in [4.69, 9.17) is 32.6 Å². The number of rotatable bonds is 3. The highest BCUT2D eigenvalue weighted by atomic mass is 35.5. The Hall–Kier alpha value is -3.65. The molecule has 6 aromatic rings. The fourth-order valence-corrected chi connectivity index (χ4v) is 6.77. The van der Waals surface area contributed by atoms with Crippen molar-refractivity contribution in [3.05, 3.63) is 99.2 Å². The van der Waals surface area contributed by atoms with E-state index in [1.54, 1.807) is 29.2 Å². The Morgan fingerprint density at radius 1 is 0.944 bits per heavy atom. The van der Waals surface area contributed by atoms with Gasteiger partial charge in [-0.15, -0.1) is 11.6 Å². The van der Waals surface area contributed by atoms with E-state index in [-0.39, 0.29) is 5.91 Å². The molecule has 9 heteroatoms. The molecule has 1 aliphatic heterocycles. The maximum absolute atomic E-state index is 13.3. The van der Waals surface area contributed by atoms with Crippen LogP contribution in [0.2, 0.25) is 5.02 Å². The summed E-state index contributed by atoms with van der Waals surface area (Å²) >= 11 is 14.5. The summed E-state index contributed by atoms with van der Waals surface area (Å²) in [5.41, 5.74) is 3.23. The zero-order valence-corrected chi connectivity index (χ0v) is 20.7. The molecule has 4 heterocycles. The Kier molecular flexibility index (Phi) is 4.76. The van der Waals surface area contributed by atoms with Gasteiger partial charge in [0.2, 0.25) is 5.91 Å². The summed E-state index contributed by atoms with van der Waals surface area (Å²) in [4.78, 5) is 34.1. The number of hydrogen-bond donors (Lipinski definition) is 0. The lowest BCUT2D eigenvalue weighted by Gasteiger charge is -2.44. The third kappa shape index (κ3) is 3.00. The lowest BCUT2D eigenvalue weighted by molar-refractivity contribution is -0.123. The van der Waals surface area contributed by atoms with Gasteiger partial charge in [-0.2, -0.15) is 0 Å². The van der Waals surface area contributed by atoms with E-state index in [1.807, 2.05) is 59.0 Å². The van der Waals surface area contributed by atoms with Gasteiger partial charge in [-0.05, 0) is 36.4 Å². The highest BCUT2D eigenvalue weighted by Crippen LogP contribution is 2.50. The van der Waals surface area contributed by atoms with Crippen LogP contribution in [0.3, 0.4) is 0 Å². The highest BCUT2D eigenvalue weighted by Gasteiger charge is 2.51. The molecule has 3 aromatic carbocycles. The van der Waals surface area contributed by atoms with Crippen molar-refractivity contribution in [3.63, 3.8) is 0 Å². The first-order chi connectivity index (χ1) is 17.5. The van der Waals surface area contributed by atoms with Gasteiger partial charge in [-0.25, -0.2) is 9.78 Å². The normalized spacial score (nSPS) is 17.8. The Morgan fingerprint density at radius 3 is 2.56 bits per heavy atom. The maximum Gasteiger partial charge on any atom is 0.345 e. The number of aromatic nitrogens is 2. The van der Waals surface area contributed by atoms with Crippen LogP contribution in [0.1, 0.15) is 10.9 Å². The zero-order valence-electron chi connectivity index (χ0n) is 18.4. The molecule has 2 atom stereocenters. The van der Waals surface area contributed by atoms with E-state index in [1.165, 1.54) is 11.3 Å². The quantitative estimate of drug-likeness (QED) is 0.145. The largest absolute Gasteiger partial charge is 0.422 e.